The molecule has 0 aliphatic carbocycles. The third kappa shape index (κ3) is 4.54. The summed E-state index contributed by atoms with van der Waals surface area (Å²) in [5.74, 6) is -1.12. The van der Waals surface area contributed by atoms with Crippen LogP contribution in [0.5, 0.6) is 0 Å². The minimum absolute atomic E-state index is 0.139. The molecule has 0 aliphatic heterocycles. The molecule has 0 aromatic heterocycles. The minimum Gasteiger partial charge on any atom is -0.480 e. The van der Waals surface area contributed by atoms with Crippen LogP contribution in [-0.4, -0.2) is 37.8 Å². The molecule has 2 amide bonds. The van der Waals surface area contributed by atoms with Crippen LogP contribution in [0.25, 0.3) is 0 Å². The lowest BCUT2D eigenvalue weighted by atomic mass is 10.2. The zero-order valence-corrected chi connectivity index (χ0v) is 11.9. The van der Waals surface area contributed by atoms with Crippen LogP contribution in [0.15, 0.2) is 29.2 Å². The number of carboxylic acids is 1. The van der Waals surface area contributed by atoms with E-state index < -0.39 is 27.9 Å². The zero-order valence-electron chi connectivity index (χ0n) is 11.1. The SMILES string of the molecule is CCC(NC(=O)Nc1ccc(S(C)(=O)=O)cc1)C(=O)O. The van der Waals surface area contributed by atoms with Crippen LogP contribution in [-0.2, 0) is 14.6 Å². The van der Waals surface area contributed by atoms with Crippen LogP contribution < -0.4 is 10.6 Å². The Morgan fingerprint density at radius 2 is 1.80 bits per heavy atom. The second kappa shape index (κ2) is 6.38. The van der Waals surface area contributed by atoms with Crippen molar-refractivity contribution in [1.29, 1.82) is 0 Å². The molecule has 110 valence electrons. The number of urea groups is 1. The maximum atomic E-state index is 11.6. The van der Waals surface area contributed by atoms with E-state index in [9.17, 15) is 18.0 Å². The first-order valence-corrected chi connectivity index (χ1v) is 7.73. The van der Waals surface area contributed by atoms with Crippen LogP contribution in [0, 0.1) is 0 Å². The molecule has 1 aromatic rings. The normalized spacial score (nSPS) is 12.5. The van der Waals surface area contributed by atoms with Gasteiger partial charge in [0.2, 0.25) is 0 Å². The van der Waals surface area contributed by atoms with E-state index in [1.165, 1.54) is 24.3 Å². The maximum Gasteiger partial charge on any atom is 0.326 e. The number of sulfone groups is 1. The van der Waals surface area contributed by atoms with Gasteiger partial charge in [0.1, 0.15) is 6.04 Å². The van der Waals surface area contributed by atoms with Gasteiger partial charge in [-0.3, -0.25) is 0 Å². The number of hydrogen-bond acceptors (Lipinski definition) is 4. The lowest BCUT2D eigenvalue weighted by Crippen LogP contribution is -2.42. The van der Waals surface area contributed by atoms with Gasteiger partial charge in [-0.25, -0.2) is 18.0 Å². The van der Waals surface area contributed by atoms with Crippen LogP contribution >= 0.6 is 0 Å². The summed E-state index contributed by atoms with van der Waals surface area (Å²) in [6.07, 6.45) is 1.34. The van der Waals surface area contributed by atoms with Gasteiger partial charge in [0.15, 0.2) is 9.84 Å². The number of aliphatic carboxylic acids is 1. The molecule has 0 spiro atoms. The first kappa shape index (κ1) is 16.0. The Balaban J connectivity index is 2.70. The number of nitrogens with one attached hydrogen (secondary N) is 2. The van der Waals surface area contributed by atoms with Gasteiger partial charge in [-0.15, -0.1) is 0 Å². The monoisotopic (exact) mass is 300 g/mol. The molecule has 3 N–H and O–H groups in total. The molecule has 1 rings (SSSR count). The average molecular weight is 300 g/mol. The summed E-state index contributed by atoms with van der Waals surface area (Å²) < 4.78 is 22.5. The number of hydrogen-bond donors (Lipinski definition) is 3. The summed E-state index contributed by atoms with van der Waals surface area (Å²) in [6, 6.07) is 3.95. The molecule has 0 saturated heterocycles. The molecule has 0 aliphatic rings. The molecule has 0 bridgehead atoms. The summed E-state index contributed by atoms with van der Waals surface area (Å²) in [5, 5.41) is 13.5. The first-order valence-electron chi connectivity index (χ1n) is 5.84. The van der Waals surface area contributed by atoms with Crippen molar-refractivity contribution in [2.75, 3.05) is 11.6 Å². The lowest BCUT2D eigenvalue weighted by Gasteiger charge is -2.13. The highest BCUT2D eigenvalue weighted by Crippen LogP contribution is 2.13. The second-order valence-corrected chi connectivity index (χ2v) is 6.21. The van der Waals surface area contributed by atoms with Crippen LogP contribution in [0.2, 0.25) is 0 Å². The molecule has 8 heteroatoms. The summed E-state index contributed by atoms with van der Waals surface area (Å²) in [7, 11) is -3.29. The lowest BCUT2D eigenvalue weighted by molar-refractivity contribution is -0.139. The van der Waals surface area contributed by atoms with Crippen molar-refractivity contribution in [3.05, 3.63) is 24.3 Å². The molecule has 0 fully saturated rings. The molecule has 0 heterocycles. The molecular formula is C12H16N2O5S. The minimum atomic E-state index is -3.29. The van der Waals surface area contributed by atoms with E-state index in [0.29, 0.717) is 5.69 Å². The van der Waals surface area contributed by atoms with Gasteiger partial charge in [0, 0.05) is 11.9 Å². The van der Waals surface area contributed by atoms with Crippen molar-refractivity contribution in [2.24, 2.45) is 0 Å². The van der Waals surface area contributed by atoms with Gasteiger partial charge in [-0.05, 0) is 30.7 Å². The van der Waals surface area contributed by atoms with E-state index in [2.05, 4.69) is 10.6 Å². The number of carbonyl (C=O) groups excluding carboxylic acids is 1. The Labute approximate surface area is 116 Å². The Kier molecular flexibility index (Phi) is 5.09. The van der Waals surface area contributed by atoms with Crippen molar-refractivity contribution in [3.63, 3.8) is 0 Å². The number of amides is 2. The summed E-state index contributed by atoms with van der Waals surface area (Å²) >= 11 is 0. The Morgan fingerprint density at radius 3 is 2.20 bits per heavy atom. The Hall–Kier alpha value is -2.09. The smallest absolute Gasteiger partial charge is 0.326 e. The summed E-state index contributed by atoms with van der Waals surface area (Å²) in [5.41, 5.74) is 0.371. The van der Waals surface area contributed by atoms with E-state index >= 15 is 0 Å². The van der Waals surface area contributed by atoms with Crippen molar-refractivity contribution in [2.45, 2.75) is 24.3 Å². The van der Waals surface area contributed by atoms with Crippen molar-refractivity contribution in [1.82, 2.24) is 5.32 Å². The quantitative estimate of drug-likeness (QED) is 0.753. The van der Waals surface area contributed by atoms with E-state index in [4.69, 9.17) is 5.11 Å². The molecule has 1 aromatic carbocycles. The van der Waals surface area contributed by atoms with E-state index in [0.717, 1.165) is 6.26 Å². The molecule has 1 unspecified atom stereocenters. The van der Waals surface area contributed by atoms with Crippen LogP contribution in [0.3, 0.4) is 0 Å². The van der Waals surface area contributed by atoms with Gasteiger partial charge in [-0.2, -0.15) is 0 Å². The van der Waals surface area contributed by atoms with Crippen molar-refractivity contribution in [3.8, 4) is 0 Å². The van der Waals surface area contributed by atoms with Crippen LogP contribution in [0.4, 0.5) is 10.5 Å². The fourth-order valence-corrected chi connectivity index (χ4v) is 2.08. The number of anilines is 1. The first-order chi connectivity index (χ1) is 9.24. The van der Waals surface area contributed by atoms with E-state index in [-0.39, 0.29) is 11.3 Å². The van der Waals surface area contributed by atoms with Gasteiger partial charge < -0.3 is 15.7 Å². The Morgan fingerprint density at radius 1 is 1.25 bits per heavy atom. The van der Waals surface area contributed by atoms with Gasteiger partial charge in [0.25, 0.3) is 0 Å². The van der Waals surface area contributed by atoms with E-state index in [1.807, 2.05) is 0 Å². The summed E-state index contributed by atoms with van der Waals surface area (Å²) in [6.45, 7) is 1.64. The van der Waals surface area contributed by atoms with Gasteiger partial charge >= 0.3 is 12.0 Å². The highest BCUT2D eigenvalue weighted by molar-refractivity contribution is 7.90. The standard InChI is InChI=1S/C12H16N2O5S/c1-3-10(11(15)16)14-12(17)13-8-4-6-9(7-5-8)20(2,18)19/h4-7,10H,3H2,1-2H3,(H,15,16)(H2,13,14,17). The average Bonchev–Trinajstić information content (AvgIpc) is 2.35. The van der Waals surface area contributed by atoms with Crippen molar-refractivity contribution < 1.29 is 23.1 Å². The largest absolute Gasteiger partial charge is 0.480 e. The van der Waals surface area contributed by atoms with Gasteiger partial charge in [-0.1, -0.05) is 6.92 Å². The van der Waals surface area contributed by atoms with Crippen molar-refractivity contribution >= 4 is 27.5 Å². The number of benzene rings is 1. The molecule has 0 radical (unpaired) electrons. The molecule has 1 atom stereocenters. The maximum absolute atomic E-state index is 11.6. The number of carboxylic acid groups (broad SMARTS) is 1. The zero-order chi connectivity index (χ0) is 15.3. The second-order valence-electron chi connectivity index (χ2n) is 4.19. The highest BCUT2D eigenvalue weighted by atomic mass is 32.2. The summed E-state index contributed by atoms with van der Waals surface area (Å²) in [4.78, 5) is 22.5. The molecular weight excluding hydrogens is 284 g/mol. The van der Waals surface area contributed by atoms with Crippen LogP contribution in [0.1, 0.15) is 13.3 Å². The predicted octanol–water partition coefficient (Wildman–Crippen LogP) is 1.07. The number of rotatable bonds is 5. The number of carbonyl (C=O) groups is 2. The predicted molar refractivity (Wildman–Crippen MR) is 73.4 cm³/mol. The fraction of sp³-hybridized carbons (Fsp3) is 0.333. The highest BCUT2D eigenvalue weighted by Gasteiger charge is 2.17. The van der Waals surface area contributed by atoms with Gasteiger partial charge in [0.05, 0.1) is 4.90 Å². The third-order valence-corrected chi connectivity index (χ3v) is 3.68. The molecule has 0 saturated carbocycles. The Bertz CT molecular complexity index is 595. The third-order valence-electron chi connectivity index (χ3n) is 2.55. The van der Waals surface area contributed by atoms with E-state index in [1.54, 1.807) is 6.92 Å². The molecule has 20 heavy (non-hydrogen) atoms. The molecule has 7 nitrogen and oxygen atoms in total. The fourth-order valence-electron chi connectivity index (χ4n) is 1.45. The topological polar surface area (TPSA) is 113 Å².